The molecule has 0 aliphatic heterocycles. The number of rotatable bonds is 7. The van der Waals surface area contributed by atoms with Crippen LogP contribution >= 0.6 is 0 Å². The van der Waals surface area contributed by atoms with Gasteiger partial charge in [0.1, 0.15) is 0 Å². The van der Waals surface area contributed by atoms with Gasteiger partial charge in [0.05, 0.1) is 11.3 Å². The number of hydrogen-bond donors (Lipinski definition) is 1. The number of ketones is 1. The van der Waals surface area contributed by atoms with Crippen molar-refractivity contribution in [3.05, 3.63) is 53.3 Å². The average Bonchev–Trinajstić information content (AvgIpc) is 2.62. The number of fused-ring (bicyclic) bond motifs is 1. The summed E-state index contributed by atoms with van der Waals surface area (Å²) in [7, 11) is 0. The van der Waals surface area contributed by atoms with E-state index in [2.05, 4.69) is 27.4 Å². The van der Waals surface area contributed by atoms with Gasteiger partial charge in [0.15, 0.2) is 5.78 Å². The van der Waals surface area contributed by atoms with E-state index in [9.17, 15) is 4.79 Å². The van der Waals surface area contributed by atoms with Crippen molar-refractivity contribution in [1.29, 1.82) is 0 Å². The molecule has 1 aliphatic rings. The fraction of sp³-hybridized carbons (Fsp3) is 0.421. The van der Waals surface area contributed by atoms with Gasteiger partial charge in [0, 0.05) is 32.4 Å². The molecule has 1 N–H and O–H groups in total. The average molecular weight is 325 g/mol. The van der Waals surface area contributed by atoms with Crippen LogP contribution in [0.25, 0.3) is 0 Å². The maximum atomic E-state index is 12.4. The maximum absolute atomic E-state index is 12.4. The molecule has 3 rings (SSSR count). The summed E-state index contributed by atoms with van der Waals surface area (Å²) in [4.78, 5) is 21.2. The van der Waals surface area contributed by atoms with Crippen molar-refractivity contribution < 1.29 is 9.53 Å². The zero-order valence-corrected chi connectivity index (χ0v) is 14.0. The molecule has 0 amide bonds. The number of aromatic nitrogens is 2. The second kappa shape index (κ2) is 8.02. The van der Waals surface area contributed by atoms with Crippen molar-refractivity contribution in [1.82, 2.24) is 9.97 Å². The third-order valence-electron chi connectivity index (χ3n) is 4.26. The zero-order chi connectivity index (χ0) is 16.8. The molecule has 0 radical (unpaired) electrons. The lowest BCUT2D eigenvalue weighted by molar-refractivity contribution is 0.0962. The van der Waals surface area contributed by atoms with Crippen LogP contribution in [-0.4, -0.2) is 35.5 Å². The fourth-order valence-corrected chi connectivity index (χ4v) is 3.01. The van der Waals surface area contributed by atoms with E-state index in [-0.39, 0.29) is 11.7 Å². The molecule has 1 aliphatic carbocycles. The van der Waals surface area contributed by atoms with Crippen LogP contribution in [0.5, 0.6) is 0 Å². The highest BCUT2D eigenvalue weighted by Gasteiger charge is 2.27. The van der Waals surface area contributed by atoms with Gasteiger partial charge in [-0.2, -0.15) is 0 Å². The van der Waals surface area contributed by atoms with Crippen molar-refractivity contribution >= 4 is 11.7 Å². The molecule has 1 aromatic heterocycles. The lowest BCUT2D eigenvalue weighted by Gasteiger charge is -2.23. The third kappa shape index (κ3) is 3.97. The Balaban J connectivity index is 1.68. The Morgan fingerprint density at radius 3 is 2.88 bits per heavy atom. The van der Waals surface area contributed by atoms with Gasteiger partial charge < -0.3 is 10.1 Å². The monoisotopic (exact) mass is 325 g/mol. The third-order valence-corrected chi connectivity index (χ3v) is 4.26. The molecule has 2 aromatic rings. The summed E-state index contributed by atoms with van der Waals surface area (Å²) in [5.41, 5.74) is 2.71. The van der Waals surface area contributed by atoms with E-state index in [1.54, 1.807) is 6.20 Å². The number of carbonyl (C=O) groups is 1. The summed E-state index contributed by atoms with van der Waals surface area (Å²) < 4.78 is 5.31. The van der Waals surface area contributed by atoms with Crippen LogP contribution < -0.4 is 5.32 Å². The molecule has 0 spiro atoms. The highest BCUT2D eigenvalue weighted by molar-refractivity contribution is 5.98. The van der Waals surface area contributed by atoms with Crippen LogP contribution in [0.1, 0.15) is 47.3 Å². The number of nitrogens with one attached hydrogen (secondary N) is 1. The Kier molecular flexibility index (Phi) is 5.54. The first-order chi connectivity index (χ1) is 11.8. The number of benzene rings is 1. The van der Waals surface area contributed by atoms with E-state index in [1.807, 2.05) is 25.1 Å². The SMILES string of the molecule is CCOCCCNc1ncc2c(n1)CC(c1ccccc1)CC2=O. The quantitative estimate of drug-likeness (QED) is 0.792. The minimum Gasteiger partial charge on any atom is -0.382 e. The molecule has 126 valence electrons. The summed E-state index contributed by atoms with van der Waals surface area (Å²) in [6, 6.07) is 10.2. The minimum absolute atomic E-state index is 0.132. The van der Waals surface area contributed by atoms with Crippen molar-refractivity contribution in [3.8, 4) is 0 Å². The first-order valence-electron chi connectivity index (χ1n) is 8.53. The summed E-state index contributed by atoms with van der Waals surface area (Å²) >= 11 is 0. The van der Waals surface area contributed by atoms with Gasteiger partial charge >= 0.3 is 0 Å². The van der Waals surface area contributed by atoms with Crippen LogP contribution in [0.15, 0.2) is 36.5 Å². The minimum atomic E-state index is 0.132. The second-order valence-corrected chi connectivity index (χ2v) is 5.97. The first kappa shape index (κ1) is 16.6. The molecule has 1 unspecified atom stereocenters. The van der Waals surface area contributed by atoms with Crippen LogP contribution in [0.4, 0.5) is 5.95 Å². The lowest BCUT2D eigenvalue weighted by atomic mass is 9.82. The Bertz CT molecular complexity index is 688. The smallest absolute Gasteiger partial charge is 0.222 e. The maximum Gasteiger partial charge on any atom is 0.222 e. The van der Waals surface area contributed by atoms with Crippen molar-refractivity contribution in [3.63, 3.8) is 0 Å². The van der Waals surface area contributed by atoms with Gasteiger partial charge in [-0.25, -0.2) is 9.97 Å². The van der Waals surface area contributed by atoms with Crippen molar-refractivity contribution in [2.75, 3.05) is 25.1 Å². The van der Waals surface area contributed by atoms with Crippen molar-refractivity contribution in [2.24, 2.45) is 0 Å². The van der Waals surface area contributed by atoms with Gasteiger partial charge in [0.25, 0.3) is 0 Å². The normalized spacial score (nSPS) is 16.7. The number of ether oxygens (including phenoxy) is 1. The molecule has 1 aromatic carbocycles. The van der Waals surface area contributed by atoms with Gasteiger partial charge in [-0.15, -0.1) is 0 Å². The molecule has 1 atom stereocenters. The molecule has 0 saturated carbocycles. The summed E-state index contributed by atoms with van der Waals surface area (Å²) in [5, 5.41) is 3.21. The standard InChI is InChI=1S/C19H23N3O2/c1-2-24-10-6-9-20-19-21-13-16-17(22-19)11-15(12-18(16)23)14-7-4-3-5-8-14/h3-5,7-8,13,15H,2,6,9-12H2,1H3,(H,20,21,22). The van der Waals surface area contributed by atoms with E-state index in [0.717, 1.165) is 38.3 Å². The largest absolute Gasteiger partial charge is 0.382 e. The second-order valence-electron chi connectivity index (χ2n) is 5.97. The van der Waals surface area contributed by atoms with Crippen LogP contribution in [0.2, 0.25) is 0 Å². The molecule has 0 fully saturated rings. The molecular formula is C19H23N3O2. The Morgan fingerprint density at radius 2 is 2.08 bits per heavy atom. The fourth-order valence-electron chi connectivity index (χ4n) is 3.01. The number of nitrogens with zero attached hydrogens (tertiary/aromatic N) is 2. The molecule has 0 saturated heterocycles. The number of carbonyl (C=O) groups excluding carboxylic acids is 1. The van der Waals surface area contributed by atoms with Gasteiger partial charge in [-0.1, -0.05) is 30.3 Å². The Labute approximate surface area is 142 Å². The topological polar surface area (TPSA) is 64.1 Å². The van der Waals surface area contributed by atoms with E-state index < -0.39 is 0 Å². The van der Waals surface area contributed by atoms with Gasteiger partial charge in [0.2, 0.25) is 5.95 Å². The van der Waals surface area contributed by atoms with E-state index >= 15 is 0 Å². The summed E-state index contributed by atoms with van der Waals surface area (Å²) in [5.74, 6) is 0.923. The van der Waals surface area contributed by atoms with E-state index in [0.29, 0.717) is 17.9 Å². The predicted molar refractivity (Wildman–Crippen MR) is 93.5 cm³/mol. The number of Topliss-reactive ketones (excluding diaryl/α,β-unsaturated/α-hetero) is 1. The number of anilines is 1. The van der Waals surface area contributed by atoms with Crippen LogP contribution in [0.3, 0.4) is 0 Å². The van der Waals surface area contributed by atoms with Crippen LogP contribution in [-0.2, 0) is 11.2 Å². The van der Waals surface area contributed by atoms with Crippen LogP contribution in [0, 0.1) is 0 Å². The van der Waals surface area contributed by atoms with E-state index in [1.165, 1.54) is 5.56 Å². The molecule has 5 nitrogen and oxygen atoms in total. The highest BCUT2D eigenvalue weighted by atomic mass is 16.5. The van der Waals surface area contributed by atoms with E-state index in [4.69, 9.17) is 4.74 Å². The van der Waals surface area contributed by atoms with Crippen molar-refractivity contribution in [2.45, 2.75) is 32.1 Å². The zero-order valence-electron chi connectivity index (χ0n) is 14.0. The predicted octanol–water partition coefficient (Wildman–Crippen LogP) is 3.23. The van der Waals surface area contributed by atoms with Gasteiger partial charge in [-0.05, 0) is 31.2 Å². The molecule has 1 heterocycles. The molecule has 0 bridgehead atoms. The lowest BCUT2D eigenvalue weighted by Crippen LogP contribution is -2.21. The molecule has 24 heavy (non-hydrogen) atoms. The first-order valence-corrected chi connectivity index (χ1v) is 8.53. The summed E-state index contributed by atoms with van der Waals surface area (Å²) in [6.07, 6.45) is 3.87. The number of hydrogen-bond acceptors (Lipinski definition) is 5. The highest BCUT2D eigenvalue weighted by Crippen LogP contribution is 2.31. The van der Waals surface area contributed by atoms with Gasteiger partial charge in [-0.3, -0.25) is 4.79 Å². The molecular weight excluding hydrogens is 302 g/mol. The molecule has 5 heteroatoms. The Morgan fingerprint density at radius 1 is 1.25 bits per heavy atom. The summed E-state index contributed by atoms with van der Waals surface area (Å²) in [6.45, 7) is 4.20. The Hall–Kier alpha value is -2.27.